The van der Waals surface area contributed by atoms with Gasteiger partial charge in [-0.05, 0) is 17.7 Å². The highest BCUT2D eigenvalue weighted by Gasteiger charge is 2.23. The molecule has 0 radical (unpaired) electrons. The van der Waals surface area contributed by atoms with E-state index in [9.17, 15) is 5.11 Å². The highest BCUT2D eigenvalue weighted by Crippen LogP contribution is 2.24. The van der Waals surface area contributed by atoms with Crippen molar-refractivity contribution in [3.8, 4) is 0 Å². The maximum Gasteiger partial charge on any atom is 0.270 e. The number of halogens is 1. The summed E-state index contributed by atoms with van der Waals surface area (Å²) < 4.78 is 3.05. The molecule has 0 spiro atoms. The second kappa shape index (κ2) is 4.65. The summed E-state index contributed by atoms with van der Waals surface area (Å²) in [5.74, 6) is 0. The lowest BCUT2D eigenvalue weighted by Gasteiger charge is -2.06. The van der Waals surface area contributed by atoms with Gasteiger partial charge in [-0.15, -0.1) is 0 Å². The predicted molar refractivity (Wildman–Crippen MR) is 68.4 cm³/mol. The first-order valence-corrected chi connectivity index (χ1v) is 6.64. The van der Waals surface area contributed by atoms with Crippen molar-refractivity contribution in [3.63, 3.8) is 0 Å². The van der Waals surface area contributed by atoms with Crippen LogP contribution in [0, 0.1) is 6.92 Å². The van der Waals surface area contributed by atoms with E-state index in [1.165, 1.54) is 0 Å². The summed E-state index contributed by atoms with van der Waals surface area (Å²) in [7, 11) is 1.98. The fourth-order valence-electron chi connectivity index (χ4n) is 1.51. The first-order valence-electron chi connectivity index (χ1n) is 4.97. The van der Waals surface area contributed by atoms with Crippen LogP contribution in [0.25, 0.3) is 0 Å². The van der Waals surface area contributed by atoms with Gasteiger partial charge in [0.15, 0.2) is 11.8 Å². The Balaban J connectivity index is 2.35. The van der Waals surface area contributed by atoms with Gasteiger partial charge in [0.1, 0.15) is 7.05 Å². The zero-order chi connectivity index (χ0) is 11.7. The van der Waals surface area contributed by atoms with Crippen LogP contribution in [0.1, 0.15) is 22.4 Å². The largest absolute Gasteiger partial charge is 0.377 e. The lowest BCUT2D eigenvalue weighted by atomic mass is 10.1. The summed E-state index contributed by atoms with van der Waals surface area (Å²) in [6.45, 7) is 2.04. The van der Waals surface area contributed by atoms with E-state index in [1.807, 2.05) is 42.8 Å². The molecular weight excluding hydrogens is 286 g/mol. The highest BCUT2D eigenvalue weighted by molar-refractivity contribution is 9.10. The molecule has 0 amide bonds. The molecule has 0 saturated carbocycles. The molecule has 2 rings (SSSR count). The van der Waals surface area contributed by atoms with E-state index in [4.69, 9.17) is 0 Å². The van der Waals surface area contributed by atoms with Crippen molar-refractivity contribution in [2.75, 3.05) is 0 Å². The minimum Gasteiger partial charge on any atom is -0.377 e. The number of rotatable bonds is 2. The van der Waals surface area contributed by atoms with E-state index in [1.54, 1.807) is 11.3 Å². The molecule has 84 valence electrons. The summed E-state index contributed by atoms with van der Waals surface area (Å²) in [6.07, 6.45) is -0.545. The monoisotopic (exact) mass is 298 g/mol. The van der Waals surface area contributed by atoms with Crippen LogP contribution in [0.5, 0.6) is 0 Å². The molecule has 1 aromatic heterocycles. The van der Waals surface area contributed by atoms with Crippen LogP contribution in [-0.4, -0.2) is 5.11 Å². The summed E-state index contributed by atoms with van der Waals surface area (Å²) in [5, 5.41) is 13.3. The number of nitrogens with zero attached hydrogens (tertiary/aromatic N) is 1. The molecule has 4 heteroatoms. The van der Waals surface area contributed by atoms with E-state index >= 15 is 0 Å². The number of aliphatic hydroxyl groups excluding tert-OH is 1. The molecule has 0 aliphatic heterocycles. The summed E-state index contributed by atoms with van der Waals surface area (Å²) in [6, 6.07) is 7.76. The second-order valence-electron chi connectivity index (χ2n) is 3.73. The third-order valence-electron chi connectivity index (χ3n) is 2.63. The molecule has 16 heavy (non-hydrogen) atoms. The van der Waals surface area contributed by atoms with Gasteiger partial charge < -0.3 is 5.11 Å². The van der Waals surface area contributed by atoms with Crippen molar-refractivity contribution >= 4 is 27.3 Å². The lowest BCUT2D eigenvalue weighted by molar-refractivity contribution is -0.682. The van der Waals surface area contributed by atoms with Crippen LogP contribution < -0.4 is 4.57 Å². The second-order valence-corrected chi connectivity index (χ2v) is 5.53. The number of benzene rings is 1. The number of hydrogen-bond donors (Lipinski definition) is 1. The van der Waals surface area contributed by atoms with E-state index in [0.717, 1.165) is 20.7 Å². The number of aromatic nitrogens is 1. The van der Waals surface area contributed by atoms with Crippen LogP contribution >= 0.6 is 27.3 Å². The van der Waals surface area contributed by atoms with E-state index in [2.05, 4.69) is 21.3 Å². The number of hydrogen-bond acceptors (Lipinski definition) is 2. The maximum absolute atomic E-state index is 10.3. The minimum absolute atomic E-state index is 0.545. The summed E-state index contributed by atoms with van der Waals surface area (Å²) >= 11 is 4.97. The van der Waals surface area contributed by atoms with Gasteiger partial charge in [-0.25, -0.2) is 0 Å². The van der Waals surface area contributed by atoms with Crippen molar-refractivity contribution < 1.29 is 9.67 Å². The third kappa shape index (κ3) is 2.19. The van der Waals surface area contributed by atoms with Crippen molar-refractivity contribution in [1.29, 1.82) is 0 Å². The molecule has 2 aromatic rings. The molecule has 0 aliphatic carbocycles. The first kappa shape index (κ1) is 11.8. The van der Waals surface area contributed by atoms with Gasteiger partial charge in [-0.1, -0.05) is 39.4 Å². The Morgan fingerprint density at radius 2 is 1.94 bits per heavy atom. The Kier molecular flexibility index (Phi) is 3.42. The quantitative estimate of drug-likeness (QED) is 0.847. The van der Waals surface area contributed by atoms with Gasteiger partial charge in [0.2, 0.25) is 0 Å². The Bertz CT molecular complexity index is 492. The van der Waals surface area contributed by atoms with Crippen LogP contribution in [0.3, 0.4) is 0 Å². The lowest BCUT2D eigenvalue weighted by Crippen LogP contribution is -2.34. The topological polar surface area (TPSA) is 24.1 Å². The Morgan fingerprint density at radius 1 is 1.31 bits per heavy atom. The fraction of sp³-hybridized carbons (Fsp3) is 0.250. The van der Waals surface area contributed by atoms with Crippen molar-refractivity contribution in [1.82, 2.24) is 0 Å². The van der Waals surface area contributed by atoms with E-state index < -0.39 is 6.10 Å². The molecule has 0 bridgehead atoms. The van der Waals surface area contributed by atoms with Crippen molar-refractivity contribution in [2.24, 2.45) is 7.05 Å². The van der Waals surface area contributed by atoms with Gasteiger partial charge in [0.05, 0.1) is 5.38 Å². The van der Waals surface area contributed by atoms with Crippen LogP contribution in [-0.2, 0) is 7.05 Å². The normalized spacial score (nSPS) is 12.8. The highest BCUT2D eigenvalue weighted by atomic mass is 79.9. The third-order valence-corrected chi connectivity index (χ3v) is 4.36. The van der Waals surface area contributed by atoms with Crippen molar-refractivity contribution in [2.45, 2.75) is 13.0 Å². The molecular formula is C12H13BrNOS+. The maximum atomic E-state index is 10.3. The van der Waals surface area contributed by atoms with Crippen LogP contribution in [0.15, 0.2) is 34.1 Å². The Labute approximate surface area is 107 Å². The molecule has 1 unspecified atom stereocenters. The predicted octanol–water partition coefficient (Wildman–Crippen LogP) is 2.73. The molecule has 0 saturated heterocycles. The zero-order valence-corrected chi connectivity index (χ0v) is 11.5. The summed E-state index contributed by atoms with van der Waals surface area (Å²) in [4.78, 5) is 0. The van der Waals surface area contributed by atoms with Gasteiger partial charge in [-0.3, -0.25) is 0 Å². The first-order chi connectivity index (χ1) is 7.59. The number of thiazole rings is 1. The standard InChI is InChI=1S/C12H13BrNOS/c1-8-7-16-12(14(8)2)11(15)9-3-5-10(13)6-4-9/h3-7,11,15H,1-2H3/q+1. The van der Waals surface area contributed by atoms with E-state index in [-0.39, 0.29) is 0 Å². The van der Waals surface area contributed by atoms with Gasteiger partial charge in [-0.2, -0.15) is 4.57 Å². The molecule has 0 fully saturated rings. The minimum atomic E-state index is -0.545. The number of aryl methyl sites for hydroxylation is 1. The molecule has 1 heterocycles. The zero-order valence-electron chi connectivity index (χ0n) is 9.14. The van der Waals surface area contributed by atoms with Crippen LogP contribution in [0.2, 0.25) is 0 Å². The molecule has 2 nitrogen and oxygen atoms in total. The van der Waals surface area contributed by atoms with Gasteiger partial charge in [0, 0.05) is 11.4 Å². The molecule has 1 atom stereocenters. The SMILES string of the molecule is Cc1csc(C(O)c2ccc(Br)cc2)[n+]1C. The number of aliphatic hydroxyl groups is 1. The van der Waals surface area contributed by atoms with E-state index in [0.29, 0.717) is 0 Å². The average molecular weight is 299 g/mol. The average Bonchev–Trinajstić information content (AvgIpc) is 2.60. The van der Waals surface area contributed by atoms with Crippen LogP contribution in [0.4, 0.5) is 0 Å². The Hall–Kier alpha value is -0.710. The summed E-state index contributed by atoms with van der Waals surface area (Å²) in [5.41, 5.74) is 2.08. The smallest absolute Gasteiger partial charge is 0.270 e. The van der Waals surface area contributed by atoms with Crippen molar-refractivity contribution in [3.05, 3.63) is 50.4 Å². The molecule has 1 N–H and O–H groups in total. The fourth-order valence-corrected chi connectivity index (χ4v) is 2.79. The van der Waals surface area contributed by atoms with Gasteiger partial charge >= 0.3 is 0 Å². The molecule has 1 aromatic carbocycles. The Morgan fingerprint density at radius 3 is 2.44 bits per heavy atom. The molecule has 0 aliphatic rings. The van der Waals surface area contributed by atoms with Gasteiger partial charge in [0.25, 0.3) is 5.01 Å².